The van der Waals surface area contributed by atoms with Crippen molar-refractivity contribution in [3.8, 4) is 0 Å². The summed E-state index contributed by atoms with van der Waals surface area (Å²) in [5.41, 5.74) is 2.84. The van der Waals surface area contributed by atoms with Gasteiger partial charge in [0.2, 0.25) is 11.8 Å². The van der Waals surface area contributed by atoms with Crippen LogP contribution >= 0.6 is 35.0 Å². The Morgan fingerprint density at radius 3 is 2.29 bits per heavy atom. The van der Waals surface area contributed by atoms with E-state index >= 15 is 0 Å². The topological polar surface area (TPSA) is 49.4 Å². The lowest BCUT2D eigenvalue weighted by Crippen LogP contribution is -2.52. The molecule has 35 heavy (non-hydrogen) atoms. The van der Waals surface area contributed by atoms with Crippen LogP contribution in [0.25, 0.3) is 0 Å². The predicted octanol–water partition coefficient (Wildman–Crippen LogP) is 6.39. The lowest BCUT2D eigenvalue weighted by Gasteiger charge is -2.32. The van der Waals surface area contributed by atoms with E-state index in [1.807, 2.05) is 86.6 Å². The molecular formula is C28H30Cl2N2O2S. The SMILES string of the molecule is CC(C)NC(=O)[C@@H](Cc1ccccc1)N(Cc1ccccc1Cl)C(=O)CSCc1cccc(Cl)c1. The average molecular weight is 530 g/mol. The first-order valence-corrected chi connectivity index (χ1v) is 13.4. The van der Waals surface area contributed by atoms with Crippen LogP contribution in [0.1, 0.15) is 30.5 Å². The number of benzene rings is 3. The number of amides is 2. The highest BCUT2D eigenvalue weighted by molar-refractivity contribution is 7.99. The maximum absolute atomic E-state index is 13.6. The zero-order chi connectivity index (χ0) is 25.2. The molecule has 1 atom stereocenters. The summed E-state index contributed by atoms with van der Waals surface area (Å²) < 4.78 is 0. The van der Waals surface area contributed by atoms with Gasteiger partial charge in [-0.15, -0.1) is 11.8 Å². The van der Waals surface area contributed by atoms with E-state index in [4.69, 9.17) is 23.2 Å². The molecule has 0 heterocycles. The van der Waals surface area contributed by atoms with Crippen molar-refractivity contribution in [2.45, 2.75) is 44.6 Å². The third kappa shape index (κ3) is 8.60. The minimum Gasteiger partial charge on any atom is -0.352 e. The summed E-state index contributed by atoms with van der Waals surface area (Å²) >= 11 is 14.0. The summed E-state index contributed by atoms with van der Waals surface area (Å²) in [5, 5.41) is 4.24. The minimum absolute atomic E-state index is 0.0461. The molecule has 3 aromatic carbocycles. The van der Waals surface area contributed by atoms with Gasteiger partial charge in [-0.25, -0.2) is 0 Å². The summed E-state index contributed by atoms with van der Waals surface area (Å²) in [6.45, 7) is 4.08. The van der Waals surface area contributed by atoms with Crippen molar-refractivity contribution < 1.29 is 9.59 Å². The predicted molar refractivity (Wildman–Crippen MR) is 147 cm³/mol. The summed E-state index contributed by atoms with van der Waals surface area (Å²) in [4.78, 5) is 28.6. The monoisotopic (exact) mass is 528 g/mol. The van der Waals surface area contributed by atoms with Gasteiger partial charge < -0.3 is 10.2 Å². The number of hydrogen-bond acceptors (Lipinski definition) is 3. The van der Waals surface area contributed by atoms with Crippen LogP contribution in [-0.2, 0) is 28.3 Å². The summed E-state index contributed by atoms with van der Waals surface area (Å²) in [6.07, 6.45) is 0.411. The molecule has 0 saturated heterocycles. The third-order valence-electron chi connectivity index (χ3n) is 5.38. The van der Waals surface area contributed by atoms with Crippen LogP contribution in [0.2, 0.25) is 10.0 Å². The molecule has 0 unspecified atom stereocenters. The smallest absolute Gasteiger partial charge is 0.243 e. The summed E-state index contributed by atoms with van der Waals surface area (Å²) in [5.74, 6) is 0.589. The number of nitrogens with one attached hydrogen (secondary N) is 1. The summed E-state index contributed by atoms with van der Waals surface area (Å²) in [6, 6.07) is 24.1. The van der Waals surface area contributed by atoms with Crippen molar-refractivity contribution in [1.82, 2.24) is 10.2 Å². The van der Waals surface area contributed by atoms with Crippen LogP contribution < -0.4 is 5.32 Å². The van der Waals surface area contributed by atoms with Gasteiger partial charge in [-0.2, -0.15) is 0 Å². The number of nitrogens with zero attached hydrogens (tertiary/aromatic N) is 1. The van der Waals surface area contributed by atoms with E-state index in [0.29, 0.717) is 22.2 Å². The van der Waals surface area contributed by atoms with Crippen molar-refractivity contribution in [2.75, 3.05) is 5.75 Å². The molecule has 0 fully saturated rings. The van der Waals surface area contributed by atoms with E-state index in [0.717, 1.165) is 16.7 Å². The first-order valence-electron chi connectivity index (χ1n) is 11.5. The Hall–Kier alpha value is -2.47. The fourth-order valence-corrected chi connectivity index (χ4v) is 4.98. The number of hydrogen-bond donors (Lipinski definition) is 1. The Morgan fingerprint density at radius 1 is 0.914 bits per heavy atom. The third-order valence-corrected chi connectivity index (χ3v) is 6.98. The van der Waals surface area contributed by atoms with Gasteiger partial charge in [-0.05, 0) is 48.7 Å². The molecule has 184 valence electrons. The van der Waals surface area contributed by atoms with Gasteiger partial charge in [0.15, 0.2) is 0 Å². The van der Waals surface area contributed by atoms with Crippen molar-refractivity contribution in [1.29, 1.82) is 0 Å². The second kappa shape index (κ2) is 13.6. The van der Waals surface area contributed by atoms with Gasteiger partial charge in [0, 0.05) is 34.8 Å². The van der Waals surface area contributed by atoms with E-state index < -0.39 is 6.04 Å². The van der Waals surface area contributed by atoms with E-state index in [2.05, 4.69) is 5.32 Å². The average Bonchev–Trinajstić information content (AvgIpc) is 2.82. The molecule has 1 N–H and O–H groups in total. The van der Waals surface area contributed by atoms with Gasteiger partial charge in [0.25, 0.3) is 0 Å². The number of thioether (sulfide) groups is 1. The standard InChI is InChI=1S/C28H30Cl2N2O2S/c1-20(2)31-28(34)26(16-21-9-4-3-5-10-21)32(17-23-12-6-7-14-25(23)30)27(33)19-35-18-22-11-8-13-24(29)15-22/h3-15,20,26H,16-19H2,1-2H3,(H,31,34)/t26-/m1/s1. The molecule has 0 aliphatic heterocycles. The van der Waals surface area contributed by atoms with Gasteiger partial charge in [-0.3, -0.25) is 9.59 Å². The van der Waals surface area contributed by atoms with E-state index in [9.17, 15) is 9.59 Å². The minimum atomic E-state index is -0.671. The Balaban J connectivity index is 1.85. The second-order valence-corrected chi connectivity index (χ2v) is 10.4. The van der Waals surface area contributed by atoms with Gasteiger partial charge in [-0.1, -0.05) is 83.9 Å². The fourth-order valence-electron chi connectivity index (χ4n) is 3.71. The van der Waals surface area contributed by atoms with Crippen LogP contribution in [0.15, 0.2) is 78.9 Å². The Kier molecular flexibility index (Phi) is 10.5. The van der Waals surface area contributed by atoms with Gasteiger partial charge in [0.1, 0.15) is 6.04 Å². The maximum atomic E-state index is 13.6. The molecule has 0 aliphatic rings. The highest BCUT2D eigenvalue weighted by atomic mass is 35.5. The molecule has 3 aromatic rings. The molecule has 4 nitrogen and oxygen atoms in total. The molecule has 0 saturated carbocycles. The van der Waals surface area contributed by atoms with E-state index in [-0.39, 0.29) is 30.2 Å². The number of halogens is 2. The number of rotatable bonds is 11. The first kappa shape index (κ1) is 27.1. The van der Waals surface area contributed by atoms with Crippen LogP contribution in [0, 0.1) is 0 Å². The normalized spacial score (nSPS) is 11.8. The molecule has 0 aromatic heterocycles. The molecule has 0 spiro atoms. The number of carbonyl (C=O) groups excluding carboxylic acids is 2. The molecule has 0 aliphatic carbocycles. The molecule has 0 radical (unpaired) electrons. The lowest BCUT2D eigenvalue weighted by atomic mass is 10.0. The first-order chi connectivity index (χ1) is 16.8. The van der Waals surface area contributed by atoms with Crippen molar-refractivity contribution >= 4 is 46.8 Å². The largest absolute Gasteiger partial charge is 0.352 e. The van der Waals surface area contributed by atoms with Crippen LogP contribution in [-0.4, -0.2) is 34.6 Å². The molecule has 3 rings (SSSR count). The molecule has 7 heteroatoms. The zero-order valence-corrected chi connectivity index (χ0v) is 22.2. The second-order valence-electron chi connectivity index (χ2n) is 8.60. The van der Waals surface area contributed by atoms with Crippen LogP contribution in [0.3, 0.4) is 0 Å². The number of carbonyl (C=O) groups is 2. The van der Waals surface area contributed by atoms with Crippen molar-refractivity contribution in [3.63, 3.8) is 0 Å². The van der Waals surface area contributed by atoms with E-state index in [1.54, 1.807) is 11.0 Å². The lowest BCUT2D eigenvalue weighted by molar-refractivity contribution is -0.139. The Labute approximate surface area is 222 Å². The van der Waals surface area contributed by atoms with Crippen molar-refractivity contribution in [2.24, 2.45) is 0 Å². The highest BCUT2D eigenvalue weighted by Gasteiger charge is 2.31. The maximum Gasteiger partial charge on any atom is 0.243 e. The summed E-state index contributed by atoms with van der Waals surface area (Å²) in [7, 11) is 0. The molecular weight excluding hydrogens is 499 g/mol. The quantitative estimate of drug-likeness (QED) is 0.313. The van der Waals surface area contributed by atoms with Crippen molar-refractivity contribution in [3.05, 3.63) is 106 Å². The molecule has 2 amide bonds. The zero-order valence-electron chi connectivity index (χ0n) is 19.9. The Morgan fingerprint density at radius 2 is 1.60 bits per heavy atom. The Bertz CT molecular complexity index is 1120. The van der Waals surface area contributed by atoms with Gasteiger partial charge in [0.05, 0.1) is 5.75 Å². The van der Waals surface area contributed by atoms with Gasteiger partial charge >= 0.3 is 0 Å². The fraction of sp³-hybridized carbons (Fsp3) is 0.286. The molecule has 0 bridgehead atoms. The van der Waals surface area contributed by atoms with E-state index in [1.165, 1.54) is 11.8 Å². The van der Waals surface area contributed by atoms with Crippen LogP contribution in [0.5, 0.6) is 0 Å². The highest BCUT2D eigenvalue weighted by Crippen LogP contribution is 2.23. The van der Waals surface area contributed by atoms with Crippen LogP contribution in [0.4, 0.5) is 0 Å².